The molecule has 148 valence electrons. The van der Waals surface area contributed by atoms with Crippen molar-refractivity contribution in [3.05, 3.63) is 47.0 Å². The van der Waals surface area contributed by atoms with E-state index in [2.05, 4.69) is 10.0 Å². The van der Waals surface area contributed by atoms with Crippen molar-refractivity contribution in [2.24, 2.45) is 7.05 Å². The molecule has 0 aliphatic carbocycles. The number of aliphatic hydroxyl groups excluding tert-OH is 2. The Hall–Kier alpha value is -2.08. The number of fused-ring (bicyclic) bond motifs is 1. The molecule has 1 aromatic carbocycles. The van der Waals surface area contributed by atoms with Gasteiger partial charge in [-0.1, -0.05) is 0 Å². The third kappa shape index (κ3) is 3.68. The van der Waals surface area contributed by atoms with Crippen LogP contribution < -0.4 is 10.0 Å². The number of nitrogens with one attached hydrogen (secondary N) is 3. The Labute approximate surface area is 153 Å². The van der Waals surface area contributed by atoms with Gasteiger partial charge in [-0.3, -0.25) is 0 Å². The number of halogens is 3. The highest BCUT2D eigenvalue weighted by atomic mass is 32.2. The lowest BCUT2D eigenvalue weighted by atomic mass is 10.1. The lowest BCUT2D eigenvalue weighted by Gasteiger charge is -2.18. The average molecular weight is 404 g/mol. The van der Waals surface area contributed by atoms with E-state index in [1.54, 1.807) is 7.05 Å². The third-order valence-electron chi connectivity index (χ3n) is 4.45. The standard InChI is InChI=1S/C16H19F3N4O3S/c1-23-6-13-10(3-2-8(7-24)22-27(13,20)26)15(23)16(25)21-9-4-11(17)14(19)12(18)5-9/h4-6,8,16,21,24-25H,2-3,7H2,1H3,(H2,20,22,26)/t8-,16?,27?/m1/s1. The van der Waals surface area contributed by atoms with Gasteiger partial charge < -0.3 is 20.1 Å². The minimum atomic E-state index is -3.41. The highest BCUT2D eigenvalue weighted by molar-refractivity contribution is 7.90. The van der Waals surface area contributed by atoms with Gasteiger partial charge >= 0.3 is 0 Å². The van der Waals surface area contributed by atoms with E-state index in [1.807, 2.05) is 0 Å². The number of benzene rings is 1. The topological polar surface area (TPSA) is 110 Å². The van der Waals surface area contributed by atoms with Crippen LogP contribution in [0.2, 0.25) is 0 Å². The number of aryl methyl sites for hydroxylation is 1. The molecule has 1 aliphatic rings. The molecular formula is C16H19F3N4O3S. The van der Waals surface area contributed by atoms with E-state index < -0.39 is 39.6 Å². The fourth-order valence-electron chi connectivity index (χ4n) is 3.19. The summed E-state index contributed by atoms with van der Waals surface area (Å²) in [5.41, 5.74) is 0.528. The summed E-state index contributed by atoms with van der Waals surface area (Å²) in [5.74, 6) is -4.42. The quantitative estimate of drug-likeness (QED) is 0.395. The number of rotatable bonds is 4. The predicted octanol–water partition coefficient (Wildman–Crippen LogP) is 1.76. The van der Waals surface area contributed by atoms with Crippen molar-refractivity contribution in [3.63, 3.8) is 0 Å². The summed E-state index contributed by atoms with van der Waals surface area (Å²) in [7, 11) is -1.84. The number of aliphatic hydroxyl groups is 2. The van der Waals surface area contributed by atoms with Crippen molar-refractivity contribution in [1.82, 2.24) is 9.29 Å². The summed E-state index contributed by atoms with van der Waals surface area (Å²) in [6, 6.07) is 0.881. The zero-order valence-corrected chi connectivity index (χ0v) is 15.1. The second-order valence-electron chi connectivity index (χ2n) is 6.36. The van der Waals surface area contributed by atoms with E-state index >= 15 is 0 Å². The molecule has 0 spiro atoms. The molecule has 11 heteroatoms. The van der Waals surface area contributed by atoms with Crippen molar-refractivity contribution < 1.29 is 27.6 Å². The van der Waals surface area contributed by atoms with E-state index in [0.717, 1.165) is 0 Å². The Morgan fingerprint density at radius 3 is 2.63 bits per heavy atom. The summed E-state index contributed by atoms with van der Waals surface area (Å²) < 4.78 is 64.7. The van der Waals surface area contributed by atoms with Crippen LogP contribution in [0.5, 0.6) is 0 Å². The molecule has 0 bridgehead atoms. The second-order valence-corrected chi connectivity index (χ2v) is 8.15. The molecule has 1 aromatic heterocycles. The van der Waals surface area contributed by atoms with Gasteiger partial charge in [0.15, 0.2) is 23.7 Å². The van der Waals surface area contributed by atoms with Gasteiger partial charge in [0.1, 0.15) is 9.92 Å². The number of hydrogen-bond donors (Lipinski definition) is 5. The zero-order chi connectivity index (χ0) is 19.9. The summed E-state index contributed by atoms with van der Waals surface area (Å²) in [6.07, 6.45) is 0.681. The molecule has 2 unspecified atom stereocenters. The van der Waals surface area contributed by atoms with Gasteiger partial charge in [0.05, 0.1) is 17.2 Å². The molecule has 0 amide bonds. The molecule has 5 N–H and O–H groups in total. The Balaban J connectivity index is 1.98. The lowest BCUT2D eigenvalue weighted by Crippen LogP contribution is -2.35. The summed E-state index contributed by atoms with van der Waals surface area (Å²) in [4.78, 5) is 0.174. The molecule has 2 heterocycles. The fourth-order valence-corrected chi connectivity index (χ4v) is 4.84. The highest BCUT2D eigenvalue weighted by Gasteiger charge is 2.30. The molecular weight excluding hydrogens is 385 g/mol. The van der Waals surface area contributed by atoms with Crippen molar-refractivity contribution in [2.75, 3.05) is 11.9 Å². The van der Waals surface area contributed by atoms with Crippen LogP contribution in [0.3, 0.4) is 0 Å². The zero-order valence-electron chi connectivity index (χ0n) is 14.3. The highest BCUT2D eigenvalue weighted by Crippen LogP contribution is 2.32. The van der Waals surface area contributed by atoms with Crippen molar-refractivity contribution >= 4 is 15.6 Å². The van der Waals surface area contributed by atoms with Crippen LogP contribution in [0.15, 0.2) is 23.2 Å². The van der Waals surface area contributed by atoms with Crippen LogP contribution in [0.25, 0.3) is 0 Å². The van der Waals surface area contributed by atoms with Crippen LogP contribution in [-0.2, 0) is 23.4 Å². The Kier molecular flexibility index (Phi) is 5.21. The summed E-state index contributed by atoms with van der Waals surface area (Å²) >= 11 is 0. The monoisotopic (exact) mass is 404 g/mol. The molecule has 27 heavy (non-hydrogen) atoms. The molecule has 0 saturated heterocycles. The Bertz CT molecular complexity index is 955. The van der Waals surface area contributed by atoms with Crippen molar-refractivity contribution in [2.45, 2.75) is 30.0 Å². The molecule has 0 radical (unpaired) electrons. The Morgan fingerprint density at radius 1 is 1.41 bits per heavy atom. The van der Waals surface area contributed by atoms with Gasteiger partial charge in [0, 0.05) is 37.1 Å². The minimum absolute atomic E-state index is 0.174. The van der Waals surface area contributed by atoms with Gasteiger partial charge in [-0.25, -0.2) is 26.9 Å². The van der Waals surface area contributed by atoms with E-state index in [9.17, 15) is 27.6 Å². The van der Waals surface area contributed by atoms with E-state index in [4.69, 9.17) is 4.78 Å². The predicted molar refractivity (Wildman–Crippen MR) is 91.8 cm³/mol. The third-order valence-corrected chi connectivity index (χ3v) is 6.09. The van der Waals surface area contributed by atoms with Crippen LogP contribution in [0, 0.1) is 22.2 Å². The first-order chi connectivity index (χ1) is 12.6. The van der Waals surface area contributed by atoms with Gasteiger partial charge in [-0.15, -0.1) is 0 Å². The summed E-state index contributed by atoms with van der Waals surface area (Å²) in [6.45, 7) is -0.295. The second kappa shape index (κ2) is 7.15. The first kappa shape index (κ1) is 19.7. The number of aromatic nitrogens is 1. The smallest absolute Gasteiger partial charge is 0.194 e. The maximum atomic E-state index is 13.4. The lowest BCUT2D eigenvalue weighted by molar-refractivity contribution is 0.198. The molecule has 1 aliphatic heterocycles. The van der Waals surface area contributed by atoms with Crippen LogP contribution in [0.1, 0.15) is 23.9 Å². The maximum absolute atomic E-state index is 13.4. The van der Waals surface area contributed by atoms with Crippen LogP contribution in [0.4, 0.5) is 18.9 Å². The summed E-state index contributed by atoms with van der Waals surface area (Å²) in [5, 5.41) is 22.3. The van der Waals surface area contributed by atoms with Gasteiger partial charge in [0.25, 0.3) is 0 Å². The van der Waals surface area contributed by atoms with Gasteiger partial charge in [-0.2, -0.15) is 0 Å². The van der Waals surface area contributed by atoms with Gasteiger partial charge in [-0.05, 0) is 18.4 Å². The van der Waals surface area contributed by atoms with Crippen molar-refractivity contribution in [3.8, 4) is 0 Å². The van der Waals surface area contributed by atoms with E-state index in [0.29, 0.717) is 30.5 Å². The van der Waals surface area contributed by atoms with Crippen LogP contribution in [-0.4, -0.2) is 31.6 Å². The average Bonchev–Trinajstić information content (AvgIpc) is 2.87. The minimum Gasteiger partial charge on any atom is -0.395 e. The molecule has 7 nitrogen and oxygen atoms in total. The number of hydrogen-bond acceptors (Lipinski definition) is 5. The van der Waals surface area contributed by atoms with Crippen LogP contribution >= 0.6 is 0 Å². The molecule has 3 atom stereocenters. The fraction of sp³-hybridized carbons (Fsp3) is 0.375. The molecule has 3 rings (SSSR count). The maximum Gasteiger partial charge on any atom is 0.194 e. The Morgan fingerprint density at radius 2 is 2.04 bits per heavy atom. The number of nitrogens with zero attached hydrogens (tertiary/aromatic N) is 1. The first-order valence-corrected chi connectivity index (χ1v) is 9.64. The van der Waals surface area contributed by atoms with Gasteiger partial charge in [0.2, 0.25) is 0 Å². The SMILES string of the molecule is Cn1cc2c(c1C(O)Nc1cc(F)c(F)c(F)c1)CC[C@H](CO)NS2(=N)=O. The molecule has 0 fully saturated rings. The number of anilines is 1. The largest absolute Gasteiger partial charge is 0.395 e. The van der Waals surface area contributed by atoms with E-state index in [-0.39, 0.29) is 22.9 Å². The van der Waals surface area contributed by atoms with E-state index in [1.165, 1.54) is 10.8 Å². The molecule has 2 aromatic rings. The van der Waals surface area contributed by atoms with Crippen molar-refractivity contribution in [1.29, 1.82) is 4.78 Å². The normalized spacial score (nSPS) is 23.6. The first-order valence-electron chi connectivity index (χ1n) is 8.08. The molecule has 0 saturated carbocycles.